The minimum Gasteiger partial charge on any atom is -0.379 e. The van der Waals surface area contributed by atoms with Crippen molar-refractivity contribution in [1.82, 2.24) is 5.48 Å². The summed E-state index contributed by atoms with van der Waals surface area (Å²) < 4.78 is 40.6. The average molecular weight is 540 g/mol. The Morgan fingerprint density at radius 2 is 1.80 bits per heavy atom. The van der Waals surface area contributed by atoms with E-state index in [9.17, 15) is 22.4 Å². The summed E-state index contributed by atoms with van der Waals surface area (Å²) in [6, 6.07) is 15.2. The number of nitrogens with zero attached hydrogens (tertiary/aromatic N) is 1. The van der Waals surface area contributed by atoms with Gasteiger partial charge < -0.3 is 15.5 Å². The van der Waals surface area contributed by atoms with Gasteiger partial charge in [0.15, 0.2) is 15.6 Å². The van der Waals surface area contributed by atoms with Crippen LogP contribution in [0.4, 0.5) is 10.1 Å². The number of fused-ring (bicyclic) bond motifs is 1. The van der Waals surface area contributed by atoms with Crippen molar-refractivity contribution in [3.63, 3.8) is 0 Å². The lowest BCUT2D eigenvalue weighted by Gasteiger charge is -2.25. The largest absolute Gasteiger partial charge is 0.379 e. The molecule has 2 amide bonds. The number of nitrogens with one attached hydrogen (secondary N) is 1. The number of hydrogen-bond acceptors (Lipinski definition) is 6. The zero-order valence-electron chi connectivity index (χ0n) is 18.0. The van der Waals surface area contributed by atoms with Crippen LogP contribution in [0.2, 0.25) is 5.02 Å². The van der Waals surface area contributed by atoms with Crippen molar-refractivity contribution in [2.45, 2.75) is 17.5 Å². The van der Waals surface area contributed by atoms with Gasteiger partial charge in [0.25, 0.3) is 5.91 Å². The minimum absolute atomic E-state index is 0. The summed E-state index contributed by atoms with van der Waals surface area (Å²) in [4.78, 5) is 31.5. The summed E-state index contributed by atoms with van der Waals surface area (Å²) >= 11 is 5.92. The molecule has 1 aliphatic heterocycles. The van der Waals surface area contributed by atoms with Crippen LogP contribution in [0.1, 0.15) is 15.9 Å². The molecule has 0 saturated heterocycles. The van der Waals surface area contributed by atoms with Gasteiger partial charge in [0, 0.05) is 5.02 Å². The lowest BCUT2D eigenvalue weighted by atomic mass is 10.1. The second-order valence-corrected chi connectivity index (χ2v) is 10.0. The van der Waals surface area contributed by atoms with Gasteiger partial charge in [0.2, 0.25) is 5.91 Å². The summed E-state index contributed by atoms with van der Waals surface area (Å²) in [5.41, 5.74) is 7.95. The Kier molecular flexibility index (Phi) is 8.01. The molecule has 0 aromatic heterocycles. The van der Waals surface area contributed by atoms with Crippen LogP contribution in [0.15, 0.2) is 71.6 Å². The topological polar surface area (TPSA) is 119 Å². The Hall–Kier alpha value is -3.18. The molecule has 3 N–H and O–H groups in total. The molecule has 0 saturated carbocycles. The smallest absolute Gasteiger partial charge is 0.286 e. The average Bonchev–Trinajstić information content (AvgIpc) is 2.87. The molecule has 0 aliphatic carbocycles. The number of amides is 2. The van der Waals surface area contributed by atoms with E-state index in [0.29, 0.717) is 16.3 Å². The molecule has 4 rings (SSSR count). The van der Waals surface area contributed by atoms with Gasteiger partial charge in [0.05, 0.1) is 34.5 Å². The molecular formula is C23H20Cl2FN3O5S. The maximum Gasteiger partial charge on any atom is 0.286 e. The summed E-state index contributed by atoms with van der Waals surface area (Å²) in [7, 11) is -4.12. The van der Waals surface area contributed by atoms with Crippen molar-refractivity contribution in [2.75, 3.05) is 10.7 Å². The molecule has 0 radical (unpaired) electrons. The first-order chi connectivity index (χ1) is 16.2. The highest BCUT2D eigenvalue weighted by molar-refractivity contribution is 7.91. The Morgan fingerprint density at radius 3 is 2.46 bits per heavy atom. The number of hydroxylamine groups is 1. The summed E-state index contributed by atoms with van der Waals surface area (Å²) in [5, 5.41) is 0.477. The van der Waals surface area contributed by atoms with Gasteiger partial charge in [-0.15, -0.1) is 12.4 Å². The van der Waals surface area contributed by atoms with E-state index in [2.05, 4.69) is 5.48 Å². The highest BCUT2D eigenvalue weighted by Crippen LogP contribution is 2.34. The maximum absolute atomic E-state index is 14.9. The number of rotatable bonds is 5. The van der Waals surface area contributed by atoms with Gasteiger partial charge in [0.1, 0.15) is 5.82 Å². The van der Waals surface area contributed by atoms with Gasteiger partial charge in [-0.05, 0) is 42.0 Å². The molecule has 0 unspecified atom stereocenters. The first kappa shape index (κ1) is 26.4. The molecule has 0 spiro atoms. The summed E-state index contributed by atoms with van der Waals surface area (Å²) in [5.74, 6) is -3.13. The third-order valence-electron chi connectivity index (χ3n) is 5.16. The molecule has 1 aliphatic rings. The van der Waals surface area contributed by atoms with Crippen molar-refractivity contribution in [2.24, 2.45) is 5.73 Å². The molecule has 0 fully saturated rings. The number of hydrogen-bond donors (Lipinski definition) is 2. The lowest BCUT2D eigenvalue weighted by molar-refractivity contribution is -0.119. The molecule has 1 atom stereocenters. The Bertz CT molecular complexity index is 1360. The molecule has 0 bridgehead atoms. The number of carbonyl (C=O) groups is 2. The van der Waals surface area contributed by atoms with Crippen LogP contribution in [0.5, 0.6) is 5.75 Å². The van der Waals surface area contributed by atoms with Crippen molar-refractivity contribution < 1.29 is 27.2 Å². The maximum atomic E-state index is 14.9. The number of anilines is 1. The van der Waals surface area contributed by atoms with Gasteiger partial charge in [-0.25, -0.2) is 12.8 Å². The first-order valence-corrected chi connectivity index (χ1v) is 12.1. The number of benzene rings is 3. The van der Waals surface area contributed by atoms with Crippen LogP contribution >= 0.6 is 24.0 Å². The van der Waals surface area contributed by atoms with E-state index >= 15 is 0 Å². The second-order valence-electron chi connectivity index (χ2n) is 7.58. The molecule has 35 heavy (non-hydrogen) atoms. The molecule has 3 aromatic rings. The molecule has 1 heterocycles. The highest BCUT2D eigenvalue weighted by Gasteiger charge is 2.37. The van der Waals surface area contributed by atoms with Gasteiger partial charge in [-0.2, -0.15) is 5.48 Å². The van der Waals surface area contributed by atoms with Crippen LogP contribution in [0.25, 0.3) is 0 Å². The fourth-order valence-corrected chi connectivity index (χ4v) is 5.17. The van der Waals surface area contributed by atoms with E-state index in [4.69, 9.17) is 22.2 Å². The highest BCUT2D eigenvalue weighted by atomic mass is 35.5. The van der Waals surface area contributed by atoms with E-state index in [1.807, 2.05) is 0 Å². The second kappa shape index (κ2) is 10.6. The summed E-state index contributed by atoms with van der Waals surface area (Å²) in [6.45, 7) is -0.0700. The van der Waals surface area contributed by atoms with Crippen LogP contribution in [-0.2, 0) is 21.2 Å². The van der Waals surface area contributed by atoms with Crippen LogP contribution < -0.4 is 21.0 Å². The SMILES string of the molecule is Cl.N[C@H]1CS(=O)(=O)c2cc(F)c(C(=O)NOc3ccccc3)cc2N(Cc2ccc(Cl)cc2)C1=O. The monoisotopic (exact) mass is 539 g/mol. The van der Waals surface area contributed by atoms with Crippen molar-refractivity contribution >= 4 is 51.3 Å². The molecule has 12 heteroatoms. The van der Waals surface area contributed by atoms with Crippen LogP contribution in [0.3, 0.4) is 0 Å². The molecule has 184 valence electrons. The Morgan fingerprint density at radius 1 is 1.14 bits per heavy atom. The van der Waals surface area contributed by atoms with Crippen molar-refractivity contribution in [1.29, 1.82) is 0 Å². The van der Waals surface area contributed by atoms with E-state index in [1.54, 1.807) is 54.6 Å². The van der Waals surface area contributed by atoms with Crippen molar-refractivity contribution in [3.8, 4) is 5.75 Å². The first-order valence-electron chi connectivity index (χ1n) is 10.1. The third-order valence-corrected chi connectivity index (χ3v) is 7.21. The predicted molar refractivity (Wildman–Crippen MR) is 131 cm³/mol. The van der Waals surface area contributed by atoms with Gasteiger partial charge >= 0.3 is 0 Å². The summed E-state index contributed by atoms with van der Waals surface area (Å²) in [6.07, 6.45) is 0. The molecular weight excluding hydrogens is 520 g/mol. The fourth-order valence-electron chi connectivity index (χ4n) is 3.48. The number of carbonyl (C=O) groups excluding carboxylic acids is 2. The quantitative estimate of drug-likeness (QED) is 0.480. The fraction of sp³-hybridized carbons (Fsp3) is 0.130. The van der Waals surface area contributed by atoms with Gasteiger partial charge in [-0.3, -0.25) is 9.59 Å². The number of nitrogens with two attached hydrogens (primary N) is 1. The number of halogens is 3. The third kappa shape index (κ3) is 5.73. The van der Waals surface area contributed by atoms with Gasteiger partial charge in [-0.1, -0.05) is 41.9 Å². The van der Waals surface area contributed by atoms with E-state index < -0.39 is 49.7 Å². The standard InChI is InChI=1S/C23H19ClFN3O5S.ClH/c24-15-8-6-14(7-9-15)12-28-20-10-17(22(29)27-33-16-4-2-1-3-5-16)18(25)11-21(20)34(31,32)13-19(26)23(28)30;/h1-11,19H,12-13,26H2,(H,27,29);1H/t19-;/m0./s1. The lowest BCUT2D eigenvalue weighted by Crippen LogP contribution is -2.45. The van der Waals surface area contributed by atoms with Crippen LogP contribution in [-0.4, -0.2) is 32.0 Å². The van der Waals surface area contributed by atoms with E-state index in [1.165, 1.54) is 0 Å². The van der Waals surface area contributed by atoms with Crippen LogP contribution in [0, 0.1) is 5.82 Å². The normalized spacial score (nSPS) is 16.5. The Balaban J connectivity index is 0.00000342. The Labute approximate surface area is 212 Å². The predicted octanol–water partition coefficient (Wildman–Crippen LogP) is 3.27. The van der Waals surface area contributed by atoms with Crippen molar-refractivity contribution in [3.05, 3.63) is 88.7 Å². The molecule has 8 nitrogen and oxygen atoms in total. The zero-order chi connectivity index (χ0) is 24.5. The minimum atomic E-state index is -4.12. The van der Waals surface area contributed by atoms with E-state index in [0.717, 1.165) is 17.0 Å². The zero-order valence-corrected chi connectivity index (χ0v) is 20.4. The number of sulfone groups is 1. The molecule has 3 aromatic carbocycles. The number of para-hydroxylation sites is 1. The van der Waals surface area contributed by atoms with E-state index in [-0.39, 0.29) is 24.6 Å².